The van der Waals surface area contributed by atoms with Gasteiger partial charge in [0, 0.05) is 4.83 Å². The van der Waals surface area contributed by atoms with E-state index >= 15 is 0 Å². The average molecular weight is 164 g/mol. The summed E-state index contributed by atoms with van der Waals surface area (Å²) in [6, 6.07) is 0. The van der Waals surface area contributed by atoms with Gasteiger partial charge in [0.2, 0.25) is 0 Å². The first-order chi connectivity index (χ1) is 3.18. The molecule has 0 spiro atoms. The van der Waals surface area contributed by atoms with Crippen LogP contribution in [0.15, 0.2) is 0 Å². The molecule has 0 nitrogen and oxygen atoms in total. The van der Waals surface area contributed by atoms with Crippen LogP contribution in [0.2, 0.25) is 0 Å². The Morgan fingerprint density at radius 2 is 2.14 bits per heavy atom. The Labute approximate surface area is 54.4 Å². The van der Waals surface area contributed by atoms with Gasteiger partial charge in [-0.3, -0.25) is 0 Å². The van der Waals surface area contributed by atoms with Crippen LogP contribution in [0.3, 0.4) is 0 Å². The fraction of sp³-hybridized carbons (Fsp3) is 0.833. The van der Waals surface area contributed by atoms with Gasteiger partial charge in [-0.05, 0) is 12.8 Å². The lowest BCUT2D eigenvalue weighted by molar-refractivity contribution is 0.588. The van der Waals surface area contributed by atoms with Crippen LogP contribution in [0.5, 0.6) is 0 Å². The summed E-state index contributed by atoms with van der Waals surface area (Å²) in [6.45, 7) is 8.18. The Morgan fingerprint density at radius 1 is 1.71 bits per heavy atom. The van der Waals surface area contributed by atoms with E-state index in [4.69, 9.17) is 0 Å². The number of halogens is 1. The third kappa shape index (κ3) is 3.10. The molecule has 0 aromatic heterocycles. The summed E-state index contributed by atoms with van der Waals surface area (Å²) < 4.78 is 0. The fourth-order valence-corrected chi connectivity index (χ4v) is 0.630. The molecule has 2 atom stereocenters. The van der Waals surface area contributed by atoms with Crippen LogP contribution in [0, 0.1) is 12.8 Å². The Bertz CT molecular complexity index is 41.4. The molecule has 1 heteroatoms. The second-order valence-corrected chi connectivity index (χ2v) is 3.08. The van der Waals surface area contributed by atoms with Crippen molar-refractivity contribution in [2.24, 2.45) is 5.92 Å². The van der Waals surface area contributed by atoms with E-state index in [0.717, 1.165) is 0 Å². The van der Waals surface area contributed by atoms with Crippen LogP contribution in [-0.4, -0.2) is 4.83 Å². The summed E-state index contributed by atoms with van der Waals surface area (Å²) in [5, 5.41) is 0. The molecule has 0 aliphatic heterocycles. The molecule has 0 rings (SSSR count). The van der Waals surface area contributed by atoms with Crippen LogP contribution < -0.4 is 0 Å². The van der Waals surface area contributed by atoms with Crippen molar-refractivity contribution in [1.82, 2.24) is 0 Å². The lowest BCUT2D eigenvalue weighted by Crippen LogP contribution is -2.03. The minimum atomic E-state index is 0.428. The normalized spacial score (nSPS) is 18.9. The zero-order valence-electron chi connectivity index (χ0n) is 4.95. The molecule has 0 N–H and O–H groups in total. The minimum absolute atomic E-state index is 0.428. The number of hydrogen-bond acceptors (Lipinski definition) is 0. The summed E-state index contributed by atoms with van der Waals surface area (Å²) in [6.07, 6.45) is 1.21. The quantitative estimate of drug-likeness (QED) is 0.550. The van der Waals surface area contributed by atoms with E-state index in [1.807, 2.05) is 0 Å². The molecule has 0 saturated heterocycles. The maximum Gasteiger partial charge on any atom is 0.0171 e. The molecular formula is C6H12Br. The van der Waals surface area contributed by atoms with Gasteiger partial charge in [-0.1, -0.05) is 36.2 Å². The highest BCUT2D eigenvalue weighted by molar-refractivity contribution is 9.09. The van der Waals surface area contributed by atoms with Gasteiger partial charge in [-0.25, -0.2) is 0 Å². The van der Waals surface area contributed by atoms with Crippen LogP contribution in [0.25, 0.3) is 0 Å². The molecule has 43 valence electrons. The molecule has 1 radical (unpaired) electrons. The molecular weight excluding hydrogens is 152 g/mol. The van der Waals surface area contributed by atoms with E-state index < -0.39 is 0 Å². The molecule has 7 heavy (non-hydrogen) atoms. The zero-order valence-corrected chi connectivity index (χ0v) is 6.53. The smallest absolute Gasteiger partial charge is 0.0171 e. The van der Waals surface area contributed by atoms with E-state index in [1.54, 1.807) is 0 Å². The van der Waals surface area contributed by atoms with E-state index in [2.05, 4.69) is 36.7 Å². The van der Waals surface area contributed by atoms with Gasteiger partial charge in [0.15, 0.2) is 0 Å². The van der Waals surface area contributed by atoms with Gasteiger partial charge in [0.05, 0.1) is 0 Å². The highest BCUT2D eigenvalue weighted by atomic mass is 79.9. The first-order valence-electron chi connectivity index (χ1n) is 2.65. The predicted octanol–water partition coefficient (Wildman–Crippen LogP) is 2.63. The molecule has 0 aromatic carbocycles. The summed E-state index contributed by atoms with van der Waals surface area (Å²) >= 11 is 3.39. The fourth-order valence-electron chi connectivity index (χ4n) is 0.256. The molecule has 0 aromatic rings. The second kappa shape index (κ2) is 3.48. The van der Waals surface area contributed by atoms with Gasteiger partial charge < -0.3 is 0 Å². The lowest BCUT2D eigenvalue weighted by Gasteiger charge is -2.08. The maximum absolute atomic E-state index is 3.83. The molecule has 0 amide bonds. The number of rotatable bonds is 2. The van der Waals surface area contributed by atoms with Crippen molar-refractivity contribution in [1.29, 1.82) is 0 Å². The lowest BCUT2D eigenvalue weighted by atomic mass is 10.1. The van der Waals surface area contributed by atoms with Gasteiger partial charge in [0.25, 0.3) is 0 Å². The summed E-state index contributed by atoms with van der Waals surface area (Å²) in [5.41, 5.74) is 0. The summed E-state index contributed by atoms with van der Waals surface area (Å²) in [5.74, 6) is 0.708. The second-order valence-electron chi connectivity index (χ2n) is 1.90. The monoisotopic (exact) mass is 163 g/mol. The topological polar surface area (TPSA) is 0 Å². The Kier molecular flexibility index (Phi) is 3.72. The molecule has 0 aliphatic rings. The zero-order chi connectivity index (χ0) is 5.86. The molecule has 0 saturated carbocycles. The number of alkyl halides is 1. The van der Waals surface area contributed by atoms with Gasteiger partial charge >= 0.3 is 0 Å². The van der Waals surface area contributed by atoms with Crippen molar-refractivity contribution < 1.29 is 0 Å². The van der Waals surface area contributed by atoms with Crippen molar-refractivity contribution in [3.05, 3.63) is 6.92 Å². The Balaban J connectivity index is 3.14. The highest BCUT2D eigenvalue weighted by Gasteiger charge is 2.03. The van der Waals surface area contributed by atoms with Gasteiger partial charge in [-0.2, -0.15) is 0 Å². The van der Waals surface area contributed by atoms with E-state index in [-0.39, 0.29) is 0 Å². The SMILES string of the molecule is [CH2]C(Br)C(C)CC. The van der Waals surface area contributed by atoms with Crippen LogP contribution in [0.4, 0.5) is 0 Å². The average Bonchev–Trinajstić information content (AvgIpc) is 1.65. The van der Waals surface area contributed by atoms with Crippen molar-refractivity contribution >= 4 is 15.9 Å². The molecule has 0 fully saturated rings. The first-order valence-corrected chi connectivity index (χ1v) is 3.57. The van der Waals surface area contributed by atoms with Gasteiger partial charge in [-0.15, -0.1) is 0 Å². The third-order valence-corrected chi connectivity index (χ3v) is 2.16. The van der Waals surface area contributed by atoms with Crippen LogP contribution in [0.1, 0.15) is 20.3 Å². The van der Waals surface area contributed by atoms with Crippen molar-refractivity contribution in [3.63, 3.8) is 0 Å². The molecule has 0 heterocycles. The molecule has 2 unspecified atom stereocenters. The predicted molar refractivity (Wildman–Crippen MR) is 37.5 cm³/mol. The van der Waals surface area contributed by atoms with Crippen LogP contribution in [-0.2, 0) is 0 Å². The van der Waals surface area contributed by atoms with Crippen LogP contribution >= 0.6 is 15.9 Å². The highest BCUT2D eigenvalue weighted by Crippen LogP contribution is 2.13. The minimum Gasteiger partial charge on any atom is -0.0888 e. The summed E-state index contributed by atoms with van der Waals surface area (Å²) in [7, 11) is 0. The first kappa shape index (κ1) is 7.48. The van der Waals surface area contributed by atoms with Crippen molar-refractivity contribution in [2.45, 2.75) is 25.1 Å². The Hall–Kier alpha value is 0.480. The van der Waals surface area contributed by atoms with Gasteiger partial charge in [0.1, 0.15) is 0 Å². The van der Waals surface area contributed by atoms with E-state index in [1.165, 1.54) is 6.42 Å². The molecule has 0 bridgehead atoms. The van der Waals surface area contributed by atoms with E-state index in [9.17, 15) is 0 Å². The van der Waals surface area contributed by atoms with Crippen molar-refractivity contribution in [2.75, 3.05) is 0 Å². The summed E-state index contributed by atoms with van der Waals surface area (Å²) in [4.78, 5) is 0.428. The third-order valence-electron chi connectivity index (χ3n) is 1.26. The van der Waals surface area contributed by atoms with Crippen molar-refractivity contribution in [3.8, 4) is 0 Å². The molecule has 0 aliphatic carbocycles. The largest absolute Gasteiger partial charge is 0.0888 e. The standard InChI is InChI=1S/C6H12Br/c1-4-5(2)6(3)7/h5-6H,3-4H2,1-2H3. The van der Waals surface area contributed by atoms with E-state index in [0.29, 0.717) is 10.7 Å². The maximum atomic E-state index is 3.83. The number of hydrogen-bond donors (Lipinski definition) is 0. The Morgan fingerprint density at radius 3 is 2.14 bits per heavy atom.